The number of piperidine rings is 1. The minimum atomic E-state index is 0.587. The molecule has 3 rings (SSSR count). The van der Waals surface area contributed by atoms with Crippen LogP contribution in [0.3, 0.4) is 0 Å². The first-order valence-corrected chi connectivity index (χ1v) is 9.05. The summed E-state index contributed by atoms with van der Waals surface area (Å²) in [5.41, 5.74) is 7.89. The number of rotatable bonds is 6. The molecule has 1 aliphatic rings. The number of hydrogen-bond acceptors (Lipinski definition) is 3. The van der Waals surface area contributed by atoms with Crippen LogP contribution < -0.4 is 10.5 Å². The first-order chi connectivity index (χ1) is 11.7. The maximum absolute atomic E-state index is 5.99. The fraction of sp³-hybridized carbons (Fsp3) is 0.400. The summed E-state index contributed by atoms with van der Waals surface area (Å²) in [7, 11) is 0. The van der Waals surface area contributed by atoms with Gasteiger partial charge >= 0.3 is 0 Å². The van der Waals surface area contributed by atoms with Crippen LogP contribution in [0.15, 0.2) is 48.5 Å². The lowest BCUT2D eigenvalue weighted by molar-refractivity contribution is 0.122. The molecule has 1 saturated heterocycles. The predicted molar refractivity (Wildman–Crippen MR) is 101 cm³/mol. The van der Waals surface area contributed by atoms with E-state index in [0.29, 0.717) is 12.6 Å². The molecule has 1 heterocycles. The summed E-state index contributed by atoms with van der Waals surface area (Å²) in [5, 5.41) is 0.801. The van der Waals surface area contributed by atoms with E-state index in [1.54, 1.807) is 0 Å². The van der Waals surface area contributed by atoms with Crippen molar-refractivity contribution in [3.05, 3.63) is 59.1 Å². The Morgan fingerprint density at radius 2 is 1.96 bits per heavy atom. The van der Waals surface area contributed by atoms with Crippen LogP contribution in [0.5, 0.6) is 5.75 Å². The summed E-state index contributed by atoms with van der Waals surface area (Å²) in [4.78, 5) is 2.56. The molecule has 1 fully saturated rings. The Kier molecular flexibility index (Phi) is 6.00. The molecule has 2 aromatic rings. The number of likely N-dealkylation sites (tertiary alicyclic amines) is 1. The number of halogens is 1. The van der Waals surface area contributed by atoms with Gasteiger partial charge in [-0.25, -0.2) is 0 Å². The van der Waals surface area contributed by atoms with Crippen LogP contribution in [0.4, 0.5) is 5.69 Å². The van der Waals surface area contributed by atoms with Crippen molar-refractivity contribution in [3.63, 3.8) is 0 Å². The Balaban J connectivity index is 1.53. The van der Waals surface area contributed by atoms with E-state index >= 15 is 0 Å². The molecule has 1 unspecified atom stereocenters. The topological polar surface area (TPSA) is 38.5 Å². The Morgan fingerprint density at radius 3 is 2.75 bits per heavy atom. The fourth-order valence-corrected chi connectivity index (χ4v) is 3.49. The number of benzene rings is 2. The Hall–Kier alpha value is -1.71. The number of nitrogen functional groups attached to an aromatic ring is 1. The minimum Gasteiger partial charge on any atom is -0.492 e. The van der Waals surface area contributed by atoms with Crippen molar-refractivity contribution in [2.75, 3.05) is 25.4 Å². The average Bonchev–Trinajstić information content (AvgIpc) is 2.58. The summed E-state index contributed by atoms with van der Waals surface area (Å²) in [6, 6.07) is 16.5. The summed E-state index contributed by atoms with van der Waals surface area (Å²) in [6.07, 6.45) is 4.91. The van der Waals surface area contributed by atoms with Crippen molar-refractivity contribution in [2.45, 2.75) is 31.7 Å². The van der Waals surface area contributed by atoms with E-state index in [2.05, 4.69) is 17.0 Å². The molecule has 0 spiro atoms. The molecule has 2 aromatic carbocycles. The molecule has 1 aliphatic heterocycles. The van der Waals surface area contributed by atoms with Gasteiger partial charge in [0.15, 0.2) is 0 Å². The molecule has 0 amide bonds. The third-order valence-electron chi connectivity index (χ3n) is 4.64. The normalized spacial score (nSPS) is 18.5. The zero-order chi connectivity index (χ0) is 16.8. The number of ether oxygens (including phenoxy) is 1. The highest BCUT2D eigenvalue weighted by molar-refractivity contribution is 6.30. The van der Waals surface area contributed by atoms with Crippen molar-refractivity contribution in [3.8, 4) is 5.75 Å². The molecule has 0 saturated carbocycles. The average molecular weight is 345 g/mol. The molecular formula is C20H25ClN2O. The summed E-state index contributed by atoms with van der Waals surface area (Å²) in [6.45, 7) is 2.80. The van der Waals surface area contributed by atoms with Gasteiger partial charge in [0.25, 0.3) is 0 Å². The Morgan fingerprint density at radius 1 is 1.12 bits per heavy atom. The van der Waals surface area contributed by atoms with E-state index in [1.165, 1.54) is 24.8 Å². The van der Waals surface area contributed by atoms with Gasteiger partial charge in [-0.05, 0) is 55.6 Å². The standard InChI is InChI=1S/C20H25ClN2O/c21-17-9-7-16(8-10-17)14-19-5-1-2-11-23(19)12-13-24-20-6-3-4-18(22)15-20/h3-4,6-10,15,19H,1-2,5,11-14,22H2. The molecule has 0 radical (unpaired) electrons. The highest BCUT2D eigenvalue weighted by Gasteiger charge is 2.22. The van der Waals surface area contributed by atoms with Gasteiger partial charge in [0.1, 0.15) is 12.4 Å². The van der Waals surface area contributed by atoms with Crippen molar-refractivity contribution in [2.24, 2.45) is 0 Å². The van der Waals surface area contributed by atoms with Gasteiger partial charge in [-0.1, -0.05) is 36.2 Å². The molecule has 2 N–H and O–H groups in total. The van der Waals surface area contributed by atoms with Gasteiger partial charge in [0, 0.05) is 29.4 Å². The van der Waals surface area contributed by atoms with Crippen molar-refractivity contribution < 1.29 is 4.74 Å². The highest BCUT2D eigenvalue weighted by Crippen LogP contribution is 2.22. The number of hydrogen-bond donors (Lipinski definition) is 1. The maximum atomic E-state index is 5.99. The van der Waals surface area contributed by atoms with Crippen LogP contribution in [0.1, 0.15) is 24.8 Å². The monoisotopic (exact) mass is 344 g/mol. The van der Waals surface area contributed by atoms with Gasteiger partial charge in [-0.2, -0.15) is 0 Å². The van der Waals surface area contributed by atoms with Crippen LogP contribution in [0.2, 0.25) is 5.02 Å². The molecular weight excluding hydrogens is 320 g/mol. The van der Waals surface area contributed by atoms with Crippen LogP contribution in [-0.4, -0.2) is 30.6 Å². The second-order valence-corrected chi connectivity index (χ2v) is 6.87. The van der Waals surface area contributed by atoms with Gasteiger partial charge in [-0.3, -0.25) is 4.90 Å². The lowest BCUT2D eigenvalue weighted by atomic mass is 9.95. The fourth-order valence-electron chi connectivity index (χ4n) is 3.36. The highest BCUT2D eigenvalue weighted by atomic mass is 35.5. The molecule has 128 valence electrons. The lowest BCUT2D eigenvalue weighted by Gasteiger charge is -2.35. The molecule has 0 aromatic heterocycles. The van der Waals surface area contributed by atoms with Crippen LogP contribution in [0, 0.1) is 0 Å². The van der Waals surface area contributed by atoms with Crippen LogP contribution in [0.25, 0.3) is 0 Å². The van der Waals surface area contributed by atoms with Crippen LogP contribution in [-0.2, 0) is 6.42 Å². The maximum Gasteiger partial charge on any atom is 0.121 e. The van der Waals surface area contributed by atoms with Crippen molar-refractivity contribution >= 4 is 17.3 Å². The van der Waals surface area contributed by atoms with Crippen molar-refractivity contribution in [1.29, 1.82) is 0 Å². The number of anilines is 1. The van der Waals surface area contributed by atoms with E-state index in [1.807, 2.05) is 36.4 Å². The first kappa shape index (κ1) is 17.1. The van der Waals surface area contributed by atoms with E-state index in [-0.39, 0.29) is 0 Å². The summed E-state index contributed by atoms with van der Waals surface area (Å²) < 4.78 is 5.86. The van der Waals surface area contributed by atoms with Gasteiger partial charge in [0.2, 0.25) is 0 Å². The lowest BCUT2D eigenvalue weighted by Crippen LogP contribution is -2.43. The third-order valence-corrected chi connectivity index (χ3v) is 4.89. The Labute approximate surface area is 149 Å². The quantitative estimate of drug-likeness (QED) is 0.789. The van der Waals surface area contributed by atoms with E-state index in [4.69, 9.17) is 22.1 Å². The van der Waals surface area contributed by atoms with Gasteiger partial charge in [-0.15, -0.1) is 0 Å². The molecule has 24 heavy (non-hydrogen) atoms. The summed E-state index contributed by atoms with van der Waals surface area (Å²) >= 11 is 5.99. The molecule has 4 heteroatoms. The summed E-state index contributed by atoms with van der Waals surface area (Å²) in [5.74, 6) is 0.848. The van der Waals surface area contributed by atoms with Gasteiger partial charge in [0.05, 0.1) is 0 Å². The smallest absolute Gasteiger partial charge is 0.121 e. The van der Waals surface area contributed by atoms with E-state index < -0.39 is 0 Å². The molecule has 0 aliphatic carbocycles. The largest absolute Gasteiger partial charge is 0.492 e. The minimum absolute atomic E-state index is 0.587. The number of nitrogens with two attached hydrogens (primary N) is 1. The Bertz CT molecular complexity index is 644. The SMILES string of the molecule is Nc1cccc(OCCN2CCCCC2Cc2ccc(Cl)cc2)c1. The zero-order valence-electron chi connectivity index (χ0n) is 14.0. The molecule has 1 atom stereocenters. The van der Waals surface area contributed by atoms with Gasteiger partial charge < -0.3 is 10.5 Å². The second kappa shape index (κ2) is 8.41. The third kappa shape index (κ3) is 4.89. The zero-order valence-corrected chi connectivity index (χ0v) is 14.7. The van der Waals surface area contributed by atoms with Crippen molar-refractivity contribution in [1.82, 2.24) is 4.90 Å². The molecule has 3 nitrogen and oxygen atoms in total. The van der Waals surface area contributed by atoms with E-state index in [9.17, 15) is 0 Å². The van der Waals surface area contributed by atoms with E-state index in [0.717, 1.165) is 36.0 Å². The van der Waals surface area contributed by atoms with Crippen LogP contribution >= 0.6 is 11.6 Å². The second-order valence-electron chi connectivity index (χ2n) is 6.44. The number of nitrogens with zero attached hydrogens (tertiary/aromatic N) is 1. The first-order valence-electron chi connectivity index (χ1n) is 8.67. The predicted octanol–water partition coefficient (Wildman–Crippen LogP) is 4.40. The molecule has 0 bridgehead atoms.